The number of halogens is 3. The smallest absolute Gasteiger partial charge is 0.174 e. The normalized spacial score (nSPS) is 10.3. The van der Waals surface area contributed by atoms with Gasteiger partial charge in [0, 0.05) is 5.02 Å². The Kier molecular flexibility index (Phi) is 4.69. The molecule has 0 unspecified atom stereocenters. The van der Waals surface area contributed by atoms with Crippen molar-refractivity contribution in [3.8, 4) is 11.1 Å². The van der Waals surface area contributed by atoms with Crippen LogP contribution in [0.5, 0.6) is 0 Å². The van der Waals surface area contributed by atoms with Gasteiger partial charge in [-0.1, -0.05) is 48.0 Å². The zero-order chi connectivity index (χ0) is 13.7. The molecule has 2 aromatic carbocycles. The Morgan fingerprint density at radius 1 is 0.895 bits per heavy atom. The first kappa shape index (κ1) is 13.8. The van der Waals surface area contributed by atoms with E-state index in [4.69, 9.17) is 11.6 Å². The molecule has 0 amide bonds. The zero-order valence-electron chi connectivity index (χ0n) is 10.2. The van der Waals surface area contributed by atoms with Crippen LogP contribution in [-0.2, 0) is 6.42 Å². The lowest BCUT2D eigenvalue weighted by molar-refractivity contribution is 0.417. The highest BCUT2D eigenvalue weighted by Crippen LogP contribution is 2.22. The minimum Gasteiger partial charge on any atom is -0.174 e. The third kappa shape index (κ3) is 4.18. The molecule has 0 aliphatic heterocycles. The van der Waals surface area contributed by atoms with E-state index >= 15 is 0 Å². The van der Waals surface area contributed by atoms with Crippen LogP contribution >= 0.6 is 11.6 Å². The second-order valence-electron chi connectivity index (χ2n) is 4.24. The number of allylic oxidation sites excluding steroid dienone is 1. The Hall–Kier alpha value is -1.67. The first-order valence-electron chi connectivity index (χ1n) is 6.01. The van der Waals surface area contributed by atoms with E-state index in [-0.39, 0.29) is 0 Å². The van der Waals surface area contributed by atoms with Gasteiger partial charge in [0.2, 0.25) is 0 Å². The zero-order valence-corrected chi connectivity index (χ0v) is 11.0. The maximum Gasteiger partial charge on any atom is 0.266 e. The Bertz CT molecular complexity index is 552. The molecule has 2 aromatic rings. The molecule has 0 atom stereocenters. The molecule has 0 aliphatic rings. The van der Waals surface area contributed by atoms with Crippen LogP contribution in [0.2, 0.25) is 5.02 Å². The summed E-state index contributed by atoms with van der Waals surface area (Å²) in [5.41, 5.74) is 3.23. The van der Waals surface area contributed by atoms with Crippen LogP contribution in [0.15, 0.2) is 60.7 Å². The highest BCUT2D eigenvalue weighted by molar-refractivity contribution is 6.30. The number of benzene rings is 2. The third-order valence-electron chi connectivity index (χ3n) is 2.86. The quantitative estimate of drug-likeness (QED) is 0.671. The molecule has 0 heterocycles. The largest absolute Gasteiger partial charge is 0.266 e. The molecule has 0 N–H and O–H groups in total. The molecule has 0 spiro atoms. The molecule has 2 rings (SSSR count). The van der Waals surface area contributed by atoms with Gasteiger partial charge < -0.3 is 0 Å². The van der Waals surface area contributed by atoms with Crippen molar-refractivity contribution in [1.29, 1.82) is 0 Å². The fraction of sp³-hybridized carbons (Fsp3) is 0.125. The summed E-state index contributed by atoms with van der Waals surface area (Å²) in [7, 11) is 0. The van der Waals surface area contributed by atoms with Crippen molar-refractivity contribution in [3.63, 3.8) is 0 Å². The third-order valence-corrected chi connectivity index (χ3v) is 3.12. The van der Waals surface area contributed by atoms with Crippen molar-refractivity contribution in [1.82, 2.24) is 0 Å². The number of hydrogen-bond donors (Lipinski definition) is 0. The Balaban J connectivity index is 2.06. The summed E-state index contributed by atoms with van der Waals surface area (Å²) in [5.74, 6) is 0. The molecule has 19 heavy (non-hydrogen) atoms. The monoisotopic (exact) mass is 278 g/mol. The van der Waals surface area contributed by atoms with Crippen LogP contribution in [-0.4, -0.2) is 0 Å². The van der Waals surface area contributed by atoms with Gasteiger partial charge in [0.05, 0.1) is 0 Å². The summed E-state index contributed by atoms with van der Waals surface area (Å²) in [6.45, 7) is 0. The van der Waals surface area contributed by atoms with Crippen molar-refractivity contribution in [2.24, 2.45) is 0 Å². The van der Waals surface area contributed by atoms with Gasteiger partial charge in [-0.2, -0.15) is 8.78 Å². The van der Waals surface area contributed by atoms with Gasteiger partial charge in [0.25, 0.3) is 6.08 Å². The first-order valence-corrected chi connectivity index (χ1v) is 6.39. The number of aryl methyl sites for hydroxylation is 1. The van der Waals surface area contributed by atoms with Gasteiger partial charge in [-0.15, -0.1) is 0 Å². The Morgan fingerprint density at radius 2 is 1.42 bits per heavy atom. The van der Waals surface area contributed by atoms with Gasteiger partial charge in [-0.05, 0) is 47.7 Å². The second-order valence-corrected chi connectivity index (χ2v) is 4.67. The van der Waals surface area contributed by atoms with Gasteiger partial charge >= 0.3 is 0 Å². The Morgan fingerprint density at radius 3 is 1.95 bits per heavy atom. The van der Waals surface area contributed by atoms with Crippen LogP contribution in [0.4, 0.5) is 8.78 Å². The SMILES string of the molecule is FC(F)=CCCc1ccc(-c2ccc(Cl)cc2)cc1. The highest BCUT2D eigenvalue weighted by atomic mass is 35.5. The summed E-state index contributed by atoms with van der Waals surface area (Å²) in [5, 5.41) is 0.709. The average molecular weight is 279 g/mol. The molecule has 0 saturated carbocycles. The Labute approximate surface area is 116 Å². The van der Waals surface area contributed by atoms with Crippen LogP contribution in [0.1, 0.15) is 12.0 Å². The topological polar surface area (TPSA) is 0 Å². The van der Waals surface area contributed by atoms with Crippen LogP contribution < -0.4 is 0 Å². The highest BCUT2D eigenvalue weighted by Gasteiger charge is 1.98. The molecule has 98 valence electrons. The van der Waals surface area contributed by atoms with E-state index in [1.807, 2.05) is 48.5 Å². The molecule has 0 aromatic heterocycles. The van der Waals surface area contributed by atoms with Crippen LogP contribution in [0.3, 0.4) is 0 Å². The van der Waals surface area contributed by atoms with E-state index in [2.05, 4.69) is 0 Å². The van der Waals surface area contributed by atoms with Crippen LogP contribution in [0, 0.1) is 0 Å². The molecule has 0 aliphatic carbocycles. The molecule has 0 saturated heterocycles. The molecular weight excluding hydrogens is 266 g/mol. The summed E-state index contributed by atoms with van der Waals surface area (Å²) in [6, 6.07) is 15.5. The lowest BCUT2D eigenvalue weighted by atomic mass is 10.0. The van der Waals surface area contributed by atoms with E-state index in [1.165, 1.54) is 0 Å². The number of hydrogen-bond acceptors (Lipinski definition) is 0. The fourth-order valence-electron chi connectivity index (χ4n) is 1.85. The van der Waals surface area contributed by atoms with E-state index in [9.17, 15) is 8.78 Å². The average Bonchev–Trinajstić information content (AvgIpc) is 2.40. The van der Waals surface area contributed by atoms with E-state index < -0.39 is 6.08 Å². The van der Waals surface area contributed by atoms with Crippen molar-refractivity contribution in [2.75, 3.05) is 0 Å². The van der Waals surface area contributed by atoms with Gasteiger partial charge in [0.15, 0.2) is 0 Å². The van der Waals surface area contributed by atoms with E-state index in [0.29, 0.717) is 17.9 Å². The standard InChI is InChI=1S/C16H13ClF2/c17-15-10-8-14(9-11-15)13-6-4-12(5-7-13)2-1-3-16(18)19/h3-11H,1-2H2. The minimum atomic E-state index is -1.61. The first-order chi connectivity index (χ1) is 9.15. The maximum absolute atomic E-state index is 11.9. The van der Waals surface area contributed by atoms with E-state index in [1.54, 1.807) is 0 Å². The second kappa shape index (κ2) is 6.48. The van der Waals surface area contributed by atoms with Gasteiger partial charge in [-0.25, -0.2) is 0 Å². The van der Waals surface area contributed by atoms with E-state index in [0.717, 1.165) is 22.8 Å². The molecule has 0 fully saturated rings. The van der Waals surface area contributed by atoms with Crippen molar-refractivity contribution in [2.45, 2.75) is 12.8 Å². The molecule has 0 bridgehead atoms. The van der Waals surface area contributed by atoms with Crippen molar-refractivity contribution in [3.05, 3.63) is 71.3 Å². The predicted octanol–water partition coefficient (Wildman–Crippen LogP) is 5.72. The van der Waals surface area contributed by atoms with Crippen molar-refractivity contribution < 1.29 is 8.78 Å². The number of rotatable bonds is 4. The fourth-order valence-corrected chi connectivity index (χ4v) is 1.98. The summed E-state index contributed by atoms with van der Waals surface area (Å²) in [4.78, 5) is 0. The van der Waals surface area contributed by atoms with Crippen LogP contribution in [0.25, 0.3) is 11.1 Å². The van der Waals surface area contributed by atoms with Gasteiger partial charge in [0.1, 0.15) is 0 Å². The molecule has 3 heteroatoms. The maximum atomic E-state index is 11.9. The summed E-state index contributed by atoms with van der Waals surface area (Å²) >= 11 is 5.84. The molecular formula is C16H13ClF2. The molecule has 0 radical (unpaired) electrons. The lowest BCUT2D eigenvalue weighted by Crippen LogP contribution is -1.84. The van der Waals surface area contributed by atoms with Crippen molar-refractivity contribution >= 4 is 11.6 Å². The predicted molar refractivity (Wildman–Crippen MR) is 75.5 cm³/mol. The summed E-state index contributed by atoms with van der Waals surface area (Å²) in [6.07, 6.45) is 0.325. The minimum absolute atomic E-state index is 0.364. The lowest BCUT2D eigenvalue weighted by Gasteiger charge is -2.04. The summed E-state index contributed by atoms with van der Waals surface area (Å²) < 4.78 is 23.8. The van der Waals surface area contributed by atoms with Gasteiger partial charge in [-0.3, -0.25) is 0 Å². The molecule has 0 nitrogen and oxygen atoms in total.